The summed E-state index contributed by atoms with van der Waals surface area (Å²) >= 11 is 5.52. The first-order valence-corrected chi connectivity index (χ1v) is 7.68. The minimum Gasteiger partial charge on any atom is -0.497 e. The van der Waals surface area contributed by atoms with Crippen LogP contribution in [0, 0.1) is 4.77 Å². The maximum absolute atomic E-state index is 5.52. The Morgan fingerprint density at radius 1 is 1.32 bits per heavy atom. The quantitative estimate of drug-likeness (QED) is 0.805. The highest BCUT2D eigenvalue weighted by Gasteiger charge is 2.15. The molecule has 118 valence electrons. The molecule has 1 fully saturated rings. The third-order valence-electron chi connectivity index (χ3n) is 3.81. The monoisotopic (exact) mass is 320 g/mol. The summed E-state index contributed by atoms with van der Waals surface area (Å²) in [5.74, 6) is 1.66. The second-order valence-electron chi connectivity index (χ2n) is 5.27. The molecule has 0 unspecified atom stereocenters. The standard InChI is InChI=1S/C15H20N4O2S/c1-17-14(12-4-3-5-13(10-12)20-2)16-19(15(17)22)11-18-6-8-21-9-7-18/h3-5,10H,6-9,11H2,1-2H3. The zero-order valence-electron chi connectivity index (χ0n) is 12.9. The van der Waals surface area contributed by atoms with E-state index in [1.54, 1.807) is 7.11 Å². The van der Waals surface area contributed by atoms with Gasteiger partial charge in [0, 0.05) is 25.7 Å². The van der Waals surface area contributed by atoms with E-state index in [0.717, 1.165) is 43.4 Å². The van der Waals surface area contributed by atoms with Crippen LogP contribution in [0.1, 0.15) is 0 Å². The fourth-order valence-electron chi connectivity index (χ4n) is 2.53. The Labute approximate surface area is 134 Å². The lowest BCUT2D eigenvalue weighted by Gasteiger charge is -2.25. The van der Waals surface area contributed by atoms with Gasteiger partial charge in [0.25, 0.3) is 0 Å². The molecule has 0 spiro atoms. The maximum Gasteiger partial charge on any atom is 0.199 e. The first kappa shape index (κ1) is 15.2. The number of rotatable bonds is 4. The predicted molar refractivity (Wildman–Crippen MR) is 86.4 cm³/mol. The molecular weight excluding hydrogens is 300 g/mol. The molecular formula is C15H20N4O2S. The lowest BCUT2D eigenvalue weighted by atomic mass is 10.2. The van der Waals surface area contributed by atoms with Gasteiger partial charge >= 0.3 is 0 Å². The highest BCUT2D eigenvalue weighted by molar-refractivity contribution is 7.71. The summed E-state index contributed by atoms with van der Waals surface area (Å²) in [4.78, 5) is 2.29. The van der Waals surface area contributed by atoms with Crippen LogP contribution in [-0.2, 0) is 18.5 Å². The predicted octanol–water partition coefficient (Wildman–Crippen LogP) is 1.92. The van der Waals surface area contributed by atoms with Crippen LogP contribution >= 0.6 is 12.2 Å². The van der Waals surface area contributed by atoms with E-state index in [1.165, 1.54) is 0 Å². The molecule has 0 bridgehead atoms. The summed E-state index contributed by atoms with van der Waals surface area (Å²) in [6.07, 6.45) is 0. The van der Waals surface area contributed by atoms with Crippen molar-refractivity contribution in [1.29, 1.82) is 0 Å². The molecule has 6 nitrogen and oxygen atoms in total. The molecule has 1 aromatic carbocycles. The summed E-state index contributed by atoms with van der Waals surface area (Å²) in [5.41, 5.74) is 0.994. The lowest BCUT2D eigenvalue weighted by Crippen LogP contribution is -2.37. The van der Waals surface area contributed by atoms with Crippen LogP contribution in [-0.4, -0.2) is 52.7 Å². The largest absolute Gasteiger partial charge is 0.497 e. The topological polar surface area (TPSA) is 44.4 Å². The van der Waals surface area contributed by atoms with Gasteiger partial charge in [-0.15, -0.1) is 0 Å². The van der Waals surface area contributed by atoms with E-state index in [2.05, 4.69) is 10.00 Å². The number of methoxy groups -OCH3 is 1. The van der Waals surface area contributed by atoms with Crippen molar-refractivity contribution in [3.05, 3.63) is 29.0 Å². The van der Waals surface area contributed by atoms with Crippen molar-refractivity contribution in [2.45, 2.75) is 6.67 Å². The Hall–Kier alpha value is -1.70. The van der Waals surface area contributed by atoms with Crippen LogP contribution in [0.25, 0.3) is 11.4 Å². The maximum atomic E-state index is 5.52. The van der Waals surface area contributed by atoms with Crippen molar-refractivity contribution in [1.82, 2.24) is 19.2 Å². The molecule has 22 heavy (non-hydrogen) atoms. The van der Waals surface area contributed by atoms with Crippen LogP contribution in [0.15, 0.2) is 24.3 Å². The summed E-state index contributed by atoms with van der Waals surface area (Å²) in [7, 11) is 3.61. The molecule has 1 saturated heterocycles. The van der Waals surface area contributed by atoms with Crippen LogP contribution in [0.5, 0.6) is 5.75 Å². The normalized spacial score (nSPS) is 15.9. The zero-order valence-corrected chi connectivity index (χ0v) is 13.7. The summed E-state index contributed by atoms with van der Waals surface area (Å²) < 4.78 is 15.2. The fourth-order valence-corrected chi connectivity index (χ4v) is 2.71. The van der Waals surface area contributed by atoms with Crippen molar-refractivity contribution in [3.8, 4) is 17.1 Å². The number of aromatic nitrogens is 3. The van der Waals surface area contributed by atoms with Crippen LogP contribution in [0.3, 0.4) is 0 Å². The molecule has 1 aliphatic heterocycles. The van der Waals surface area contributed by atoms with Crippen molar-refractivity contribution in [3.63, 3.8) is 0 Å². The molecule has 0 aliphatic carbocycles. The van der Waals surface area contributed by atoms with Gasteiger partial charge in [0.2, 0.25) is 0 Å². The van der Waals surface area contributed by atoms with E-state index in [0.29, 0.717) is 11.4 Å². The van der Waals surface area contributed by atoms with Crippen molar-refractivity contribution in [2.75, 3.05) is 33.4 Å². The molecule has 3 rings (SSSR count). The molecule has 1 aromatic heterocycles. The number of benzene rings is 1. The zero-order chi connectivity index (χ0) is 15.5. The van der Waals surface area contributed by atoms with Gasteiger partial charge in [-0.05, 0) is 24.4 Å². The third kappa shape index (κ3) is 3.06. The molecule has 1 aliphatic rings. The van der Waals surface area contributed by atoms with Gasteiger partial charge in [0.1, 0.15) is 5.75 Å². The molecule has 0 N–H and O–H groups in total. The highest BCUT2D eigenvalue weighted by Crippen LogP contribution is 2.22. The molecule has 2 aromatic rings. The Morgan fingerprint density at radius 3 is 2.82 bits per heavy atom. The Bertz CT molecular complexity index is 704. The first-order valence-electron chi connectivity index (χ1n) is 7.27. The Morgan fingerprint density at radius 2 is 2.09 bits per heavy atom. The summed E-state index contributed by atoms with van der Waals surface area (Å²) in [6.45, 7) is 4.05. The minimum absolute atomic E-state index is 0.694. The highest BCUT2D eigenvalue weighted by atomic mass is 32.1. The van der Waals surface area contributed by atoms with Crippen molar-refractivity contribution in [2.24, 2.45) is 7.05 Å². The van der Waals surface area contributed by atoms with Gasteiger partial charge in [-0.25, -0.2) is 4.68 Å². The molecule has 0 radical (unpaired) electrons. The van der Waals surface area contributed by atoms with E-state index < -0.39 is 0 Å². The Kier molecular flexibility index (Phi) is 4.56. The van der Waals surface area contributed by atoms with Crippen molar-refractivity contribution >= 4 is 12.2 Å². The number of morpholine rings is 1. The summed E-state index contributed by atoms with van der Waals surface area (Å²) in [6, 6.07) is 7.86. The molecule has 0 amide bonds. The lowest BCUT2D eigenvalue weighted by molar-refractivity contribution is 0.0210. The smallest absolute Gasteiger partial charge is 0.199 e. The van der Waals surface area contributed by atoms with Gasteiger partial charge in [-0.3, -0.25) is 4.90 Å². The van der Waals surface area contributed by atoms with Gasteiger partial charge in [-0.2, -0.15) is 5.10 Å². The second kappa shape index (κ2) is 6.60. The van der Waals surface area contributed by atoms with Gasteiger partial charge in [-0.1, -0.05) is 12.1 Å². The van der Waals surface area contributed by atoms with Gasteiger partial charge < -0.3 is 14.0 Å². The van der Waals surface area contributed by atoms with E-state index in [4.69, 9.17) is 21.7 Å². The number of hydrogen-bond donors (Lipinski definition) is 0. The SMILES string of the molecule is COc1cccc(-c2nn(CN3CCOCC3)c(=S)n2C)c1. The van der Waals surface area contributed by atoms with Crippen molar-refractivity contribution < 1.29 is 9.47 Å². The van der Waals surface area contributed by atoms with E-state index in [9.17, 15) is 0 Å². The van der Waals surface area contributed by atoms with E-state index in [-0.39, 0.29) is 0 Å². The van der Waals surface area contributed by atoms with E-state index in [1.807, 2.05) is 40.6 Å². The van der Waals surface area contributed by atoms with E-state index >= 15 is 0 Å². The number of ether oxygens (including phenoxy) is 2. The minimum atomic E-state index is 0.694. The molecule has 7 heteroatoms. The second-order valence-corrected chi connectivity index (χ2v) is 5.63. The molecule has 0 atom stereocenters. The first-order chi connectivity index (χ1) is 10.7. The van der Waals surface area contributed by atoms with Gasteiger partial charge in [0.15, 0.2) is 10.6 Å². The number of nitrogens with zero attached hydrogens (tertiary/aromatic N) is 4. The van der Waals surface area contributed by atoms with Crippen LogP contribution in [0.2, 0.25) is 0 Å². The van der Waals surface area contributed by atoms with Gasteiger partial charge in [0.05, 0.1) is 27.0 Å². The van der Waals surface area contributed by atoms with Crippen LogP contribution in [0.4, 0.5) is 0 Å². The summed E-state index contributed by atoms with van der Waals surface area (Å²) in [5, 5.41) is 4.69. The fraction of sp³-hybridized carbons (Fsp3) is 0.467. The molecule has 0 saturated carbocycles. The third-order valence-corrected chi connectivity index (χ3v) is 4.29. The molecule has 2 heterocycles. The average Bonchev–Trinajstić information content (AvgIpc) is 2.84. The average molecular weight is 320 g/mol. The number of hydrogen-bond acceptors (Lipinski definition) is 5. The van der Waals surface area contributed by atoms with Crippen LogP contribution < -0.4 is 4.74 Å². The Balaban J connectivity index is 1.89.